The molecular formula is C25H24F3N3O4. The van der Waals surface area contributed by atoms with Gasteiger partial charge in [0, 0.05) is 30.8 Å². The van der Waals surface area contributed by atoms with Crippen molar-refractivity contribution in [2.45, 2.75) is 18.8 Å². The molecule has 35 heavy (non-hydrogen) atoms. The van der Waals surface area contributed by atoms with Crippen molar-refractivity contribution < 1.29 is 32.9 Å². The molecule has 184 valence electrons. The SMILES string of the molecule is O=C1CN(Cc2cc(C(F)(F)F)ccc2Oc2ccc(-c3cccc([C@H](O)CO)n3)cc2)CCN1. The summed E-state index contributed by atoms with van der Waals surface area (Å²) in [4.78, 5) is 17.8. The van der Waals surface area contributed by atoms with Gasteiger partial charge in [0.05, 0.1) is 30.1 Å². The second-order valence-electron chi connectivity index (χ2n) is 8.15. The van der Waals surface area contributed by atoms with Crippen LogP contribution in [0.4, 0.5) is 13.2 Å². The molecule has 0 spiro atoms. The molecule has 1 fully saturated rings. The molecule has 1 aliphatic heterocycles. The first kappa shape index (κ1) is 24.6. The molecule has 0 radical (unpaired) electrons. The number of halogens is 3. The van der Waals surface area contributed by atoms with E-state index in [4.69, 9.17) is 9.84 Å². The number of ether oxygens (including phenoxy) is 1. The first-order chi connectivity index (χ1) is 16.7. The third kappa shape index (κ3) is 6.16. The van der Waals surface area contributed by atoms with Crippen molar-refractivity contribution in [2.24, 2.45) is 0 Å². The number of carbonyl (C=O) groups excluding carboxylic acids is 1. The summed E-state index contributed by atoms with van der Waals surface area (Å²) in [5, 5.41) is 21.6. The minimum absolute atomic E-state index is 0.0986. The van der Waals surface area contributed by atoms with Gasteiger partial charge in [0.25, 0.3) is 0 Å². The number of hydrogen-bond acceptors (Lipinski definition) is 6. The van der Waals surface area contributed by atoms with Crippen molar-refractivity contribution >= 4 is 5.91 Å². The van der Waals surface area contributed by atoms with Crippen molar-refractivity contribution in [1.29, 1.82) is 0 Å². The highest BCUT2D eigenvalue weighted by atomic mass is 19.4. The Bertz CT molecular complexity index is 1190. The molecule has 1 amide bonds. The summed E-state index contributed by atoms with van der Waals surface area (Å²) >= 11 is 0. The number of carbonyl (C=O) groups is 1. The van der Waals surface area contributed by atoms with Gasteiger partial charge in [-0.1, -0.05) is 6.07 Å². The van der Waals surface area contributed by atoms with Gasteiger partial charge in [-0.15, -0.1) is 0 Å². The molecule has 1 aromatic heterocycles. The summed E-state index contributed by atoms with van der Waals surface area (Å²) in [7, 11) is 0. The third-order valence-electron chi connectivity index (χ3n) is 5.56. The van der Waals surface area contributed by atoms with Crippen LogP contribution in [0.1, 0.15) is 22.9 Å². The number of nitrogens with zero attached hydrogens (tertiary/aromatic N) is 2. The molecule has 4 rings (SSSR count). The van der Waals surface area contributed by atoms with Crippen molar-refractivity contribution in [3.05, 3.63) is 77.5 Å². The number of aliphatic hydroxyl groups is 2. The Morgan fingerprint density at radius 2 is 1.89 bits per heavy atom. The van der Waals surface area contributed by atoms with E-state index >= 15 is 0 Å². The van der Waals surface area contributed by atoms with Gasteiger partial charge in [0.15, 0.2) is 0 Å². The zero-order valence-corrected chi connectivity index (χ0v) is 18.6. The molecule has 3 N–H and O–H groups in total. The molecule has 7 nitrogen and oxygen atoms in total. The average molecular weight is 487 g/mol. The van der Waals surface area contributed by atoms with Gasteiger partial charge in [0.2, 0.25) is 5.91 Å². The number of nitrogens with one attached hydrogen (secondary N) is 1. The summed E-state index contributed by atoms with van der Waals surface area (Å²) in [6, 6.07) is 15.2. The van der Waals surface area contributed by atoms with E-state index in [2.05, 4.69) is 10.3 Å². The fraction of sp³-hybridized carbons (Fsp3) is 0.280. The molecule has 0 unspecified atom stereocenters. The molecular weight excluding hydrogens is 463 g/mol. The van der Waals surface area contributed by atoms with Gasteiger partial charge in [0.1, 0.15) is 17.6 Å². The molecule has 0 saturated carbocycles. The van der Waals surface area contributed by atoms with Crippen LogP contribution >= 0.6 is 0 Å². The van der Waals surface area contributed by atoms with Crippen molar-refractivity contribution in [3.8, 4) is 22.8 Å². The van der Waals surface area contributed by atoms with Crippen LogP contribution < -0.4 is 10.1 Å². The van der Waals surface area contributed by atoms with E-state index in [9.17, 15) is 23.1 Å². The Morgan fingerprint density at radius 1 is 1.11 bits per heavy atom. The molecule has 1 saturated heterocycles. The van der Waals surface area contributed by atoms with Crippen LogP contribution in [0, 0.1) is 0 Å². The maximum atomic E-state index is 13.3. The van der Waals surface area contributed by atoms with Gasteiger partial charge in [-0.3, -0.25) is 9.69 Å². The summed E-state index contributed by atoms with van der Waals surface area (Å²) in [6.45, 7) is 0.740. The molecule has 1 aliphatic rings. The number of pyridine rings is 1. The Labute approximate surface area is 199 Å². The number of piperazine rings is 1. The Kier molecular flexibility index (Phi) is 7.34. The van der Waals surface area contributed by atoms with Crippen molar-refractivity contribution in [1.82, 2.24) is 15.2 Å². The predicted molar refractivity (Wildman–Crippen MR) is 122 cm³/mol. The van der Waals surface area contributed by atoms with Crippen LogP contribution in [-0.2, 0) is 17.5 Å². The van der Waals surface area contributed by atoms with E-state index in [1.807, 2.05) is 0 Å². The number of aliphatic hydroxyl groups excluding tert-OH is 2. The molecule has 2 aromatic carbocycles. The summed E-state index contributed by atoms with van der Waals surface area (Å²) in [6.07, 6.45) is -5.58. The van der Waals surface area contributed by atoms with Crippen molar-refractivity contribution in [2.75, 3.05) is 26.2 Å². The van der Waals surface area contributed by atoms with Gasteiger partial charge < -0.3 is 20.3 Å². The number of aromatic nitrogens is 1. The Balaban J connectivity index is 1.56. The van der Waals surface area contributed by atoms with E-state index in [-0.39, 0.29) is 24.7 Å². The van der Waals surface area contributed by atoms with Gasteiger partial charge >= 0.3 is 6.18 Å². The lowest BCUT2D eigenvalue weighted by molar-refractivity contribution is -0.137. The minimum Gasteiger partial charge on any atom is -0.457 e. The number of rotatable bonds is 7. The van der Waals surface area contributed by atoms with E-state index in [0.29, 0.717) is 35.8 Å². The molecule has 1 atom stereocenters. The number of hydrogen-bond donors (Lipinski definition) is 3. The normalized spacial score (nSPS) is 15.5. The lowest BCUT2D eigenvalue weighted by Gasteiger charge is -2.27. The summed E-state index contributed by atoms with van der Waals surface area (Å²) < 4.78 is 45.9. The van der Waals surface area contributed by atoms with Crippen LogP contribution in [-0.4, -0.2) is 52.2 Å². The van der Waals surface area contributed by atoms with Crippen molar-refractivity contribution in [3.63, 3.8) is 0 Å². The monoisotopic (exact) mass is 487 g/mol. The summed E-state index contributed by atoms with van der Waals surface area (Å²) in [5.41, 5.74) is 1.20. The third-order valence-corrected chi connectivity index (χ3v) is 5.56. The van der Waals surface area contributed by atoms with Crippen LogP contribution in [0.3, 0.4) is 0 Å². The number of alkyl halides is 3. The zero-order valence-electron chi connectivity index (χ0n) is 18.6. The van der Waals surface area contributed by atoms with E-state index in [1.165, 1.54) is 6.07 Å². The Morgan fingerprint density at radius 3 is 2.57 bits per heavy atom. The molecule has 0 bridgehead atoms. The standard InChI is InChI=1S/C25H24F3N3O4/c26-25(27,28)18-6-9-23(17(12-18)13-31-11-10-29-24(34)14-31)35-19-7-4-16(5-8-19)20-2-1-3-21(30-20)22(33)15-32/h1-9,12,22,32-33H,10-11,13-15H2,(H,29,34)/t22-/m1/s1. The lowest BCUT2D eigenvalue weighted by Crippen LogP contribution is -2.47. The largest absolute Gasteiger partial charge is 0.457 e. The first-order valence-corrected chi connectivity index (χ1v) is 11.0. The van der Waals surface area contributed by atoms with Crippen LogP contribution in [0.15, 0.2) is 60.7 Å². The molecule has 0 aliphatic carbocycles. The molecule has 3 aromatic rings. The zero-order chi connectivity index (χ0) is 25.0. The second-order valence-corrected chi connectivity index (χ2v) is 8.15. The fourth-order valence-corrected chi connectivity index (χ4v) is 3.76. The quantitative estimate of drug-likeness (QED) is 0.472. The van der Waals surface area contributed by atoms with E-state index < -0.39 is 24.5 Å². The average Bonchev–Trinajstić information content (AvgIpc) is 2.84. The van der Waals surface area contributed by atoms with Crippen LogP contribution in [0.2, 0.25) is 0 Å². The smallest absolute Gasteiger partial charge is 0.416 e. The predicted octanol–water partition coefficient (Wildman–Crippen LogP) is 3.52. The maximum absolute atomic E-state index is 13.3. The topological polar surface area (TPSA) is 94.9 Å². The first-order valence-electron chi connectivity index (χ1n) is 11.0. The lowest BCUT2D eigenvalue weighted by atomic mass is 10.1. The second kappa shape index (κ2) is 10.4. The minimum atomic E-state index is -4.50. The van der Waals surface area contributed by atoms with Gasteiger partial charge in [-0.25, -0.2) is 4.98 Å². The summed E-state index contributed by atoms with van der Waals surface area (Å²) in [5.74, 6) is 0.506. The molecule has 2 heterocycles. The Hall–Kier alpha value is -3.47. The van der Waals surface area contributed by atoms with E-state index in [1.54, 1.807) is 47.4 Å². The molecule has 10 heteroatoms. The number of benzene rings is 2. The van der Waals surface area contributed by atoms with E-state index in [0.717, 1.165) is 17.7 Å². The maximum Gasteiger partial charge on any atom is 0.416 e. The number of amides is 1. The van der Waals surface area contributed by atoms with Crippen LogP contribution in [0.25, 0.3) is 11.3 Å². The van der Waals surface area contributed by atoms with Crippen LogP contribution in [0.5, 0.6) is 11.5 Å². The van der Waals surface area contributed by atoms with Gasteiger partial charge in [-0.05, 0) is 54.6 Å². The highest BCUT2D eigenvalue weighted by Crippen LogP contribution is 2.35. The highest BCUT2D eigenvalue weighted by molar-refractivity contribution is 5.78. The van der Waals surface area contributed by atoms with Gasteiger partial charge in [-0.2, -0.15) is 13.2 Å². The fourth-order valence-electron chi connectivity index (χ4n) is 3.76. The highest BCUT2D eigenvalue weighted by Gasteiger charge is 2.31.